The van der Waals surface area contributed by atoms with Gasteiger partial charge >= 0.3 is 5.69 Å². The van der Waals surface area contributed by atoms with Gasteiger partial charge in [-0.2, -0.15) is 0 Å². The predicted octanol–water partition coefficient (Wildman–Crippen LogP) is 2.49. The molecule has 0 spiro atoms. The van der Waals surface area contributed by atoms with Crippen LogP contribution in [0.1, 0.15) is 0 Å². The number of methoxy groups -OCH3 is 1. The summed E-state index contributed by atoms with van der Waals surface area (Å²) in [5.41, 5.74) is 0.0532. The topological polar surface area (TPSA) is 81.5 Å². The van der Waals surface area contributed by atoms with E-state index in [0.29, 0.717) is 4.47 Å². The highest BCUT2D eigenvalue weighted by atomic mass is 79.9. The fourth-order valence-corrected chi connectivity index (χ4v) is 1.55. The Bertz CT molecular complexity index is 487. The second-order valence-corrected chi connectivity index (χ2v) is 3.81. The van der Waals surface area contributed by atoms with Gasteiger partial charge in [0, 0.05) is 16.6 Å². The second-order valence-electron chi connectivity index (χ2n) is 2.95. The molecule has 7 heteroatoms. The molecule has 0 bridgehead atoms. The maximum Gasteiger partial charge on any atom is 0.313 e. The molecule has 0 fully saturated rings. The zero-order chi connectivity index (χ0) is 13.0. The van der Waals surface area contributed by atoms with Gasteiger partial charge in [0.05, 0.1) is 17.7 Å². The van der Waals surface area contributed by atoms with E-state index in [1.807, 2.05) is 0 Å². The lowest BCUT2D eigenvalue weighted by Gasteiger charge is -2.08. The number of nitrogens with zero attached hydrogens (tertiary/aromatic N) is 1. The molecule has 0 aromatic heterocycles. The van der Waals surface area contributed by atoms with E-state index in [4.69, 9.17) is 4.74 Å². The molecule has 1 amide bonds. The molecule has 0 aliphatic heterocycles. The number of amides is 1. The predicted molar refractivity (Wildman–Crippen MR) is 66.2 cm³/mol. The van der Waals surface area contributed by atoms with Gasteiger partial charge in [-0.15, -0.1) is 0 Å². The standard InChI is InChI=1S/C10H9BrN2O4/c1-3-10(14)12-7-5-8(13(15)16)9(17-2)4-6(7)11/h3-5H,1H2,2H3,(H,12,14). The van der Waals surface area contributed by atoms with Crippen LogP contribution in [0.2, 0.25) is 0 Å². The lowest BCUT2D eigenvalue weighted by Crippen LogP contribution is -2.08. The molecule has 0 heterocycles. The second kappa shape index (κ2) is 5.44. The van der Waals surface area contributed by atoms with Gasteiger partial charge in [-0.1, -0.05) is 6.58 Å². The van der Waals surface area contributed by atoms with Gasteiger partial charge < -0.3 is 10.1 Å². The molecule has 0 aliphatic rings. The Morgan fingerprint density at radius 3 is 2.76 bits per heavy atom. The summed E-state index contributed by atoms with van der Waals surface area (Å²) in [6, 6.07) is 2.63. The Hall–Kier alpha value is -1.89. The summed E-state index contributed by atoms with van der Waals surface area (Å²) in [5, 5.41) is 13.2. The van der Waals surface area contributed by atoms with Crippen molar-refractivity contribution < 1.29 is 14.5 Å². The third kappa shape index (κ3) is 3.04. The van der Waals surface area contributed by atoms with Crippen LogP contribution in [0.4, 0.5) is 11.4 Å². The van der Waals surface area contributed by atoms with Crippen molar-refractivity contribution in [2.45, 2.75) is 0 Å². The van der Waals surface area contributed by atoms with Crippen LogP contribution in [-0.4, -0.2) is 17.9 Å². The van der Waals surface area contributed by atoms with Crippen LogP contribution in [0.3, 0.4) is 0 Å². The molecule has 0 atom stereocenters. The summed E-state index contributed by atoms with van der Waals surface area (Å²) in [7, 11) is 1.33. The number of nitro groups is 1. The van der Waals surface area contributed by atoms with E-state index in [-0.39, 0.29) is 17.1 Å². The molecule has 90 valence electrons. The van der Waals surface area contributed by atoms with Crippen LogP contribution in [0.5, 0.6) is 5.75 Å². The molecular formula is C10H9BrN2O4. The highest BCUT2D eigenvalue weighted by molar-refractivity contribution is 9.10. The van der Waals surface area contributed by atoms with Crippen LogP contribution in [0.15, 0.2) is 29.3 Å². The van der Waals surface area contributed by atoms with E-state index in [1.165, 1.54) is 19.2 Å². The van der Waals surface area contributed by atoms with E-state index in [2.05, 4.69) is 27.8 Å². The molecule has 1 N–H and O–H groups in total. The van der Waals surface area contributed by atoms with Crippen LogP contribution in [-0.2, 0) is 4.79 Å². The van der Waals surface area contributed by atoms with Gasteiger partial charge in [0.1, 0.15) is 0 Å². The number of carbonyl (C=O) groups excluding carboxylic acids is 1. The van der Waals surface area contributed by atoms with Crippen molar-refractivity contribution in [1.29, 1.82) is 0 Å². The minimum absolute atomic E-state index is 0.110. The zero-order valence-corrected chi connectivity index (χ0v) is 10.5. The first-order valence-electron chi connectivity index (χ1n) is 4.45. The Morgan fingerprint density at radius 2 is 2.29 bits per heavy atom. The van der Waals surface area contributed by atoms with Gasteiger partial charge in [-0.25, -0.2) is 0 Å². The Morgan fingerprint density at radius 1 is 1.65 bits per heavy atom. The zero-order valence-electron chi connectivity index (χ0n) is 8.90. The smallest absolute Gasteiger partial charge is 0.313 e. The molecule has 0 aliphatic carbocycles. The maximum absolute atomic E-state index is 11.1. The SMILES string of the molecule is C=CC(=O)Nc1cc([N+](=O)[O-])c(OC)cc1Br. The molecule has 0 saturated heterocycles. The Balaban J connectivity index is 3.24. The van der Waals surface area contributed by atoms with Crippen LogP contribution in [0, 0.1) is 10.1 Å². The lowest BCUT2D eigenvalue weighted by molar-refractivity contribution is -0.385. The van der Waals surface area contributed by atoms with Gasteiger partial charge in [-0.3, -0.25) is 14.9 Å². The molecular weight excluding hydrogens is 292 g/mol. The van der Waals surface area contributed by atoms with Crippen molar-refractivity contribution in [3.05, 3.63) is 39.4 Å². The van der Waals surface area contributed by atoms with Crippen LogP contribution in [0.25, 0.3) is 0 Å². The molecule has 1 aromatic carbocycles. The number of nitrogens with one attached hydrogen (secondary N) is 1. The van der Waals surface area contributed by atoms with Gasteiger partial charge in [0.15, 0.2) is 5.75 Å². The molecule has 1 aromatic rings. The first-order chi connectivity index (χ1) is 7.99. The first-order valence-corrected chi connectivity index (χ1v) is 5.24. The molecule has 17 heavy (non-hydrogen) atoms. The Kier molecular flexibility index (Phi) is 4.22. The van der Waals surface area contributed by atoms with Crippen molar-refractivity contribution >= 4 is 33.2 Å². The monoisotopic (exact) mass is 300 g/mol. The summed E-state index contributed by atoms with van der Waals surface area (Å²) < 4.78 is 5.35. The van der Waals surface area contributed by atoms with E-state index in [0.717, 1.165) is 6.08 Å². The number of benzene rings is 1. The summed E-state index contributed by atoms with van der Waals surface area (Å²) in [5.74, 6) is -0.344. The Labute approximate surface area is 106 Å². The van der Waals surface area contributed by atoms with E-state index in [1.54, 1.807) is 0 Å². The summed E-state index contributed by atoms with van der Waals surface area (Å²) in [4.78, 5) is 21.3. The third-order valence-corrected chi connectivity index (χ3v) is 2.56. The van der Waals surface area contributed by atoms with Crippen LogP contribution < -0.4 is 10.1 Å². The average Bonchev–Trinajstić information content (AvgIpc) is 2.30. The van der Waals surface area contributed by atoms with Crippen molar-refractivity contribution in [2.24, 2.45) is 0 Å². The van der Waals surface area contributed by atoms with Crippen molar-refractivity contribution in [3.8, 4) is 5.75 Å². The molecule has 1 rings (SSSR count). The number of carbonyl (C=O) groups is 1. The summed E-state index contributed by atoms with van der Waals surface area (Å²) in [6.07, 6.45) is 1.07. The van der Waals surface area contributed by atoms with E-state index >= 15 is 0 Å². The molecule has 0 saturated carbocycles. The first kappa shape index (κ1) is 13.2. The fourth-order valence-electron chi connectivity index (χ4n) is 1.13. The number of anilines is 1. The minimum Gasteiger partial charge on any atom is -0.490 e. The third-order valence-electron chi connectivity index (χ3n) is 1.91. The largest absolute Gasteiger partial charge is 0.490 e. The van der Waals surface area contributed by atoms with E-state index < -0.39 is 10.8 Å². The molecule has 6 nitrogen and oxygen atoms in total. The maximum atomic E-state index is 11.1. The summed E-state index contributed by atoms with van der Waals surface area (Å²) in [6.45, 7) is 3.29. The lowest BCUT2D eigenvalue weighted by atomic mass is 10.2. The summed E-state index contributed by atoms with van der Waals surface area (Å²) >= 11 is 3.18. The number of hydrogen-bond donors (Lipinski definition) is 1. The van der Waals surface area contributed by atoms with Crippen molar-refractivity contribution in [1.82, 2.24) is 0 Å². The van der Waals surface area contributed by atoms with Gasteiger partial charge in [-0.05, 0) is 22.0 Å². The van der Waals surface area contributed by atoms with Crippen molar-refractivity contribution in [3.63, 3.8) is 0 Å². The highest BCUT2D eigenvalue weighted by Crippen LogP contribution is 2.35. The van der Waals surface area contributed by atoms with E-state index in [9.17, 15) is 14.9 Å². The molecule has 0 radical (unpaired) electrons. The quantitative estimate of drug-likeness (QED) is 0.526. The molecule has 0 unspecified atom stereocenters. The van der Waals surface area contributed by atoms with Crippen molar-refractivity contribution in [2.75, 3.05) is 12.4 Å². The fraction of sp³-hybridized carbons (Fsp3) is 0.100. The average molecular weight is 301 g/mol. The highest BCUT2D eigenvalue weighted by Gasteiger charge is 2.18. The van der Waals surface area contributed by atoms with Gasteiger partial charge in [0.25, 0.3) is 0 Å². The number of halogens is 1. The number of hydrogen-bond acceptors (Lipinski definition) is 4. The number of ether oxygens (including phenoxy) is 1. The number of nitro benzene ring substituents is 1. The number of rotatable bonds is 4. The normalized spacial score (nSPS) is 9.53. The minimum atomic E-state index is -0.588. The van der Waals surface area contributed by atoms with Gasteiger partial charge in [0.2, 0.25) is 5.91 Å². The van der Waals surface area contributed by atoms with Crippen LogP contribution >= 0.6 is 15.9 Å².